The average Bonchev–Trinajstić information content (AvgIpc) is 3.08. The third-order valence-electron chi connectivity index (χ3n) is 6.18. The molecule has 0 atom stereocenters. The van der Waals surface area contributed by atoms with Gasteiger partial charge >= 0.3 is 0 Å². The maximum absolute atomic E-state index is 12.3. The highest BCUT2D eigenvalue weighted by Crippen LogP contribution is 2.38. The molecule has 1 aliphatic heterocycles. The van der Waals surface area contributed by atoms with Gasteiger partial charge in [0.05, 0.1) is 5.69 Å². The van der Waals surface area contributed by atoms with Crippen LogP contribution in [-0.4, -0.2) is 28.7 Å². The largest absolute Gasteiger partial charge is 0.490 e. The number of hydrogen-bond acceptors (Lipinski definition) is 3. The fourth-order valence-corrected chi connectivity index (χ4v) is 4.41. The minimum absolute atomic E-state index is 0.0612. The molecule has 29 heavy (non-hydrogen) atoms. The molecular formula is C24H31N3O2. The zero-order valence-corrected chi connectivity index (χ0v) is 18.1. The number of pyridine rings is 1. The first-order chi connectivity index (χ1) is 13.9. The SMILES string of the molecule is Cc1c(-c2[nH]c3ccc(OC4CCNCC4)cc3c2C(C)C)cn(C)c(=O)c1C. The van der Waals surface area contributed by atoms with Crippen molar-refractivity contribution in [3.63, 3.8) is 0 Å². The summed E-state index contributed by atoms with van der Waals surface area (Å²) in [5, 5.41) is 4.59. The fraction of sp³-hybridized carbons (Fsp3) is 0.458. The van der Waals surface area contributed by atoms with Crippen LogP contribution in [-0.2, 0) is 7.05 Å². The van der Waals surface area contributed by atoms with Gasteiger partial charge in [-0.2, -0.15) is 0 Å². The number of piperidine rings is 1. The summed E-state index contributed by atoms with van der Waals surface area (Å²) in [6.07, 6.45) is 4.32. The van der Waals surface area contributed by atoms with Gasteiger partial charge in [-0.15, -0.1) is 0 Å². The van der Waals surface area contributed by atoms with E-state index in [4.69, 9.17) is 4.74 Å². The molecule has 1 aliphatic rings. The van der Waals surface area contributed by atoms with E-state index in [9.17, 15) is 4.79 Å². The van der Waals surface area contributed by atoms with E-state index in [1.165, 1.54) is 10.9 Å². The molecule has 0 unspecified atom stereocenters. The van der Waals surface area contributed by atoms with E-state index >= 15 is 0 Å². The first-order valence-corrected chi connectivity index (χ1v) is 10.6. The van der Waals surface area contributed by atoms with Crippen LogP contribution in [0, 0.1) is 13.8 Å². The van der Waals surface area contributed by atoms with Gasteiger partial charge in [-0.05, 0) is 75.0 Å². The molecule has 0 aliphatic carbocycles. The number of nitrogens with one attached hydrogen (secondary N) is 2. The summed E-state index contributed by atoms with van der Waals surface area (Å²) in [6.45, 7) is 10.4. The third-order valence-corrected chi connectivity index (χ3v) is 6.18. The van der Waals surface area contributed by atoms with E-state index in [-0.39, 0.29) is 11.7 Å². The molecule has 154 valence electrons. The summed E-state index contributed by atoms with van der Waals surface area (Å²) in [5.74, 6) is 1.27. The lowest BCUT2D eigenvalue weighted by Crippen LogP contribution is -2.34. The lowest BCUT2D eigenvalue weighted by Gasteiger charge is -2.24. The molecule has 2 N–H and O–H groups in total. The van der Waals surface area contributed by atoms with Crippen LogP contribution in [0.5, 0.6) is 5.75 Å². The highest BCUT2D eigenvalue weighted by Gasteiger charge is 2.21. The van der Waals surface area contributed by atoms with E-state index in [1.807, 2.05) is 27.1 Å². The Kier molecular flexibility index (Phi) is 5.26. The Labute approximate surface area is 172 Å². The summed E-state index contributed by atoms with van der Waals surface area (Å²) in [5.41, 5.74) is 6.46. The zero-order chi connectivity index (χ0) is 20.7. The number of fused-ring (bicyclic) bond motifs is 1. The number of aromatic amines is 1. The Morgan fingerprint density at radius 1 is 1.14 bits per heavy atom. The molecule has 1 fully saturated rings. The lowest BCUT2D eigenvalue weighted by atomic mass is 9.94. The molecule has 2 aromatic heterocycles. The molecule has 0 spiro atoms. The highest BCUT2D eigenvalue weighted by atomic mass is 16.5. The van der Waals surface area contributed by atoms with Crippen molar-refractivity contribution in [1.29, 1.82) is 0 Å². The number of nitrogens with zero attached hydrogens (tertiary/aromatic N) is 1. The van der Waals surface area contributed by atoms with Crippen LogP contribution < -0.4 is 15.6 Å². The van der Waals surface area contributed by atoms with Crippen molar-refractivity contribution in [1.82, 2.24) is 14.9 Å². The first-order valence-electron chi connectivity index (χ1n) is 10.6. The predicted molar refractivity (Wildman–Crippen MR) is 119 cm³/mol. The van der Waals surface area contributed by atoms with Crippen molar-refractivity contribution in [3.05, 3.63) is 51.4 Å². The number of H-pyrrole nitrogens is 1. The number of ether oxygens (including phenoxy) is 1. The second-order valence-electron chi connectivity index (χ2n) is 8.55. The minimum Gasteiger partial charge on any atom is -0.490 e. The summed E-state index contributed by atoms with van der Waals surface area (Å²) in [7, 11) is 1.82. The van der Waals surface area contributed by atoms with Gasteiger partial charge in [0.15, 0.2) is 0 Å². The number of aromatic nitrogens is 2. The number of aryl methyl sites for hydroxylation is 1. The summed E-state index contributed by atoms with van der Waals surface area (Å²) < 4.78 is 7.97. The molecule has 0 amide bonds. The highest BCUT2D eigenvalue weighted by molar-refractivity contribution is 5.92. The maximum atomic E-state index is 12.3. The topological polar surface area (TPSA) is 59.0 Å². The van der Waals surface area contributed by atoms with Crippen LogP contribution >= 0.6 is 0 Å². The predicted octanol–water partition coefficient (Wildman–Crippen LogP) is 4.40. The van der Waals surface area contributed by atoms with Gasteiger partial charge in [0.1, 0.15) is 11.9 Å². The molecule has 0 bridgehead atoms. The van der Waals surface area contributed by atoms with Gasteiger partial charge < -0.3 is 19.6 Å². The van der Waals surface area contributed by atoms with Gasteiger partial charge in [0.25, 0.3) is 5.56 Å². The number of benzene rings is 1. The van der Waals surface area contributed by atoms with Crippen molar-refractivity contribution in [2.45, 2.75) is 52.6 Å². The maximum Gasteiger partial charge on any atom is 0.253 e. The molecule has 0 saturated carbocycles. The summed E-state index contributed by atoms with van der Waals surface area (Å²) >= 11 is 0. The molecule has 3 heterocycles. The van der Waals surface area contributed by atoms with Crippen LogP contribution in [0.15, 0.2) is 29.2 Å². The van der Waals surface area contributed by atoms with Crippen molar-refractivity contribution in [2.75, 3.05) is 13.1 Å². The van der Waals surface area contributed by atoms with Gasteiger partial charge in [0.2, 0.25) is 0 Å². The normalized spacial score (nSPS) is 15.4. The van der Waals surface area contributed by atoms with E-state index in [0.29, 0.717) is 5.92 Å². The lowest BCUT2D eigenvalue weighted by molar-refractivity contribution is 0.162. The molecule has 5 nitrogen and oxygen atoms in total. The number of hydrogen-bond donors (Lipinski definition) is 2. The standard InChI is InChI=1S/C24H31N3O2/c1-14(2)22-19-12-18(29-17-8-10-25-11-9-17)6-7-21(19)26-23(22)20-13-27(5)24(28)16(4)15(20)3/h6-7,12-14,17,25-26H,8-11H2,1-5H3. The van der Waals surface area contributed by atoms with Crippen LogP contribution in [0.2, 0.25) is 0 Å². The summed E-state index contributed by atoms with van der Waals surface area (Å²) in [4.78, 5) is 16.0. The van der Waals surface area contributed by atoms with Crippen LogP contribution in [0.4, 0.5) is 0 Å². The Morgan fingerprint density at radius 3 is 2.55 bits per heavy atom. The van der Waals surface area contributed by atoms with Crippen molar-refractivity contribution < 1.29 is 4.74 Å². The van der Waals surface area contributed by atoms with Crippen LogP contribution in [0.1, 0.15) is 49.3 Å². The quantitative estimate of drug-likeness (QED) is 0.690. The fourth-order valence-electron chi connectivity index (χ4n) is 4.41. The molecule has 0 radical (unpaired) electrons. The van der Waals surface area contributed by atoms with Crippen molar-refractivity contribution in [2.24, 2.45) is 7.05 Å². The van der Waals surface area contributed by atoms with Gasteiger partial charge in [-0.1, -0.05) is 13.8 Å². The smallest absolute Gasteiger partial charge is 0.253 e. The van der Waals surface area contributed by atoms with Gasteiger partial charge in [-0.3, -0.25) is 4.79 Å². The molecule has 5 heteroatoms. The second-order valence-corrected chi connectivity index (χ2v) is 8.55. The molecule has 1 aromatic carbocycles. The van der Waals surface area contributed by atoms with Crippen molar-refractivity contribution in [3.8, 4) is 17.0 Å². The molecule has 1 saturated heterocycles. The Balaban J connectivity index is 1.83. The number of rotatable bonds is 4. The van der Waals surface area contributed by atoms with Gasteiger partial charge in [-0.25, -0.2) is 0 Å². The third kappa shape index (κ3) is 3.60. The second kappa shape index (κ2) is 7.71. The summed E-state index contributed by atoms with van der Waals surface area (Å²) in [6, 6.07) is 6.36. The van der Waals surface area contributed by atoms with Gasteiger partial charge in [0, 0.05) is 35.3 Å². The molecular weight excluding hydrogens is 362 g/mol. The first kappa shape index (κ1) is 19.8. The van der Waals surface area contributed by atoms with E-state index < -0.39 is 0 Å². The monoisotopic (exact) mass is 393 g/mol. The molecule has 3 aromatic rings. The van der Waals surface area contributed by atoms with Crippen LogP contribution in [0.25, 0.3) is 22.2 Å². The van der Waals surface area contributed by atoms with Crippen LogP contribution in [0.3, 0.4) is 0 Å². The Bertz CT molecular complexity index is 1100. The Hall–Kier alpha value is -2.53. The van der Waals surface area contributed by atoms with E-state index in [0.717, 1.165) is 59.6 Å². The molecule has 4 rings (SSSR count). The van der Waals surface area contributed by atoms with E-state index in [1.54, 1.807) is 4.57 Å². The zero-order valence-electron chi connectivity index (χ0n) is 18.1. The van der Waals surface area contributed by atoms with E-state index in [2.05, 4.69) is 42.3 Å². The average molecular weight is 394 g/mol. The Morgan fingerprint density at radius 2 is 1.86 bits per heavy atom. The van der Waals surface area contributed by atoms with Crippen molar-refractivity contribution >= 4 is 10.9 Å². The minimum atomic E-state index is 0.0612.